The molecule has 2 N–H and O–H groups in total. The Morgan fingerprint density at radius 1 is 1.05 bits per heavy atom. The van der Waals surface area contributed by atoms with E-state index >= 15 is 0 Å². The van der Waals surface area contributed by atoms with Crippen LogP contribution < -0.4 is 20.1 Å². The van der Waals surface area contributed by atoms with Crippen LogP contribution in [0.25, 0.3) is 22.3 Å². The van der Waals surface area contributed by atoms with Gasteiger partial charge in [-0.15, -0.1) is 0 Å². The van der Waals surface area contributed by atoms with Gasteiger partial charge in [-0.2, -0.15) is 0 Å². The maximum Gasteiger partial charge on any atom is 0.258 e. The Kier molecular flexibility index (Phi) is 7.57. The molecular formula is C29H32N4O4. The van der Waals surface area contributed by atoms with Crippen LogP contribution in [0.15, 0.2) is 65.9 Å². The average Bonchev–Trinajstić information content (AvgIpc) is 2.84. The number of rotatable bonds is 8. The van der Waals surface area contributed by atoms with Crippen molar-refractivity contribution in [2.75, 3.05) is 18.5 Å². The van der Waals surface area contributed by atoms with Crippen LogP contribution in [-0.4, -0.2) is 40.4 Å². The number of carbonyl (C=O) groups is 2. The molecular weight excluding hydrogens is 468 g/mol. The number of hydrogen-bond donors (Lipinski definition) is 2. The molecule has 1 aliphatic rings. The molecule has 1 aromatic heterocycles. The lowest BCUT2D eigenvalue weighted by atomic mass is 10.0. The van der Waals surface area contributed by atoms with Crippen molar-refractivity contribution < 1.29 is 19.1 Å². The molecule has 8 nitrogen and oxygen atoms in total. The molecule has 0 aliphatic heterocycles. The van der Waals surface area contributed by atoms with E-state index in [4.69, 9.17) is 19.4 Å². The van der Waals surface area contributed by atoms with Crippen LogP contribution >= 0.6 is 0 Å². The molecule has 0 saturated carbocycles. The number of ether oxygens (including phenoxy) is 2. The van der Waals surface area contributed by atoms with E-state index in [1.807, 2.05) is 76.2 Å². The average molecular weight is 501 g/mol. The number of carbonyl (C=O) groups excluding carboxylic acids is 2. The lowest BCUT2D eigenvalue weighted by molar-refractivity contribution is -0.124. The van der Waals surface area contributed by atoms with Crippen molar-refractivity contribution in [3.05, 3.63) is 65.9 Å². The predicted octanol–water partition coefficient (Wildman–Crippen LogP) is 5.20. The van der Waals surface area contributed by atoms with Crippen LogP contribution in [0.3, 0.4) is 0 Å². The Morgan fingerprint density at radius 3 is 2.57 bits per heavy atom. The van der Waals surface area contributed by atoms with Gasteiger partial charge in [0.05, 0.1) is 12.1 Å². The number of nitrogens with zero attached hydrogens (tertiary/aromatic N) is 2. The topological polar surface area (TPSA) is 102 Å². The third-order valence-corrected chi connectivity index (χ3v) is 5.54. The van der Waals surface area contributed by atoms with Gasteiger partial charge in [0.2, 0.25) is 0 Å². The van der Waals surface area contributed by atoms with Crippen molar-refractivity contribution in [3.63, 3.8) is 0 Å². The second-order valence-corrected chi connectivity index (χ2v) is 9.86. The fraction of sp³-hybridized carbons (Fsp3) is 0.310. The molecule has 37 heavy (non-hydrogen) atoms. The SMILES string of the molecule is CCOc1ccc2nc(-c3cccc(OCC(=O)NC(C)(C)C)c3)nc(NC3=CCC(=O)C(C)=C3)c2c1. The summed E-state index contributed by atoms with van der Waals surface area (Å²) in [6, 6.07) is 13.0. The second-order valence-electron chi connectivity index (χ2n) is 9.86. The van der Waals surface area contributed by atoms with Crippen LogP contribution in [-0.2, 0) is 9.59 Å². The van der Waals surface area contributed by atoms with E-state index in [1.165, 1.54) is 0 Å². The summed E-state index contributed by atoms with van der Waals surface area (Å²) in [5.41, 5.74) is 2.64. The van der Waals surface area contributed by atoms with Gasteiger partial charge in [0, 0.05) is 28.6 Å². The fourth-order valence-corrected chi connectivity index (χ4v) is 3.88. The second kappa shape index (κ2) is 10.8. The Bertz CT molecular complexity index is 1400. The van der Waals surface area contributed by atoms with E-state index in [0.717, 1.165) is 27.9 Å². The monoisotopic (exact) mass is 500 g/mol. The summed E-state index contributed by atoms with van der Waals surface area (Å²) in [6.45, 7) is 9.95. The van der Waals surface area contributed by atoms with Crippen LogP contribution in [0, 0.1) is 0 Å². The molecule has 8 heteroatoms. The van der Waals surface area contributed by atoms with Gasteiger partial charge in [0.25, 0.3) is 5.91 Å². The number of anilines is 1. The maximum absolute atomic E-state index is 12.2. The van der Waals surface area contributed by atoms with Gasteiger partial charge in [-0.3, -0.25) is 9.59 Å². The lowest BCUT2D eigenvalue weighted by Crippen LogP contribution is -2.43. The first-order valence-electron chi connectivity index (χ1n) is 12.3. The summed E-state index contributed by atoms with van der Waals surface area (Å²) in [6.07, 6.45) is 4.02. The molecule has 0 bridgehead atoms. The molecule has 4 rings (SSSR count). The zero-order chi connectivity index (χ0) is 26.6. The fourth-order valence-electron chi connectivity index (χ4n) is 3.88. The Hall–Kier alpha value is -4.20. The van der Waals surface area contributed by atoms with E-state index in [9.17, 15) is 9.59 Å². The number of Topliss-reactive ketones (excluding diaryl/α,β-unsaturated/α-hetero) is 1. The van der Waals surface area contributed by atoms with Gasteiger partial charge in [0.15, 0.2) is 18.2 Å². The van der Waals surface area contributed by atoms with Crippen molar-refractivity contribution in [1.29, 1.82) is 0 Å². The van der Waals surface area contributed by atoms with Gasteiger partial charge in [-0.1, -0.05) is 18.2 Å². The summed E-state index contributed by atoms with van der Waals surface area (Å²) in [4.78, 5) is 33.7. The first-order valence-corrected chi connectivity index (χ1v) is 12.3. The predicted molar refractivity (Wildman–Crippen MR) is 145 cm³/mol. The van der Waals surface area contributed by atoms with Gasteiger partial charge in [0.1, 0.15) is 17.3 Å². The molecule has 192 valence electrons. The summed E-state index contributed by atoms with van der Waals surface area (Å²) in [5.74, 6) is 2.26. The normalized spacial score (nSPS) is 13.6. The number of hydrogen-bond acceptors (Lipinski definition) is 7. The Balaban J connectivity index is 1.67. The molecule has 0 fully saturated rings. The van der Waals surface area contributed by atoms with Crippen molar-refractivity contribution >= 4 is 28.4 Å². The molecule has 1 aliphatic carbocycles. The van der Waals surface area contributed by atoms with Crippen molar-refractivity contribution in [2.45, 2.75) is 46.6 Å². The molecule has 0 atom stereocenters. The Labute approximate surface area is 216 Å². The van der Waals surface area contributed by atoms with Gasteiger partial charge < -0.3 is 20.1 Å². The highest BCUT2D eigenvalue weighted by atomic mass is 16.5. The first kappa shape index (κ1) is 25.9. The molecule has 2 aromatic carbocycles. The van der Waals surface area contributed by atoms with Crippen LogP contribution in [0.2, 0.25) is 0 Å². The number of benzene rings is 2. The van der Waals surface area contributed by atoms with Gasteiger partial charge >= 0.3 is 0 Å². The third-order valence-electron chi connectivity index (χ3n) is 5.54. The number of ketones is 1. The van der Waals surface area contributed by atoms with Crippen LogP contribution in [0.4, 0.5) is 5.82 Å². The van der Waals surface area contributed by atoms with E-state index in [1.54, 1.807) is 13.0 Å². The molecule has 3 aromatic rings. The Morgan fingerprint density at radius 2 is 1.84 bits per heavy atom. The summed E-state index contributed by atoms with van der Waals surface area (Å²) in [5, 5.41) is 7.05. The largest absolute Gasteiger partial charge is 0.494 e. The zero-order valence-corrected chi connectivity index (χ0v) is 21.8. The van der Waals surface area contributed by atoms with E-state index in [0.29, 0.717) is 36.0 Å². The highest BCUT2D eigenvalue weighted by Crippen LogP contribution is 2.31. The number of nitrogens with one attached hydrogen (secondary N) is 2. The first-order chi connectivity index (χ1) is 17.6. The highest BCUT2D eigenvalue weighted by molar-refractivity contribution is 5.98. The van der Waals surface area contributed by atoms with Gasteiger partial charge in [-0.05, 0) is 76.6 Å². The lowest BCUT2D eigenvalue weighted by Gasteiger charge is -2.20. The smallest absolute Gasteiger partial charge is 0.258 e. The summed E-state index contributed by atoms with van der Waals surface area (Å²) in [7, 11) is 0. The molecule has 0 spiro atoms. The molecule has 0 saturated heterocycles. The maximum atomic E-state index is 12.2. The van der Waals surface area contributed by atoms with Crippen molar-refractivity contribution in [1.82, 2.24) is 15.3 Å². The minimum Gasteiger partial charge on any atom is -0.494 e. The summed E-state index contributed by atoms with van der Waals surface area (Å²) < 4.78 is 11.4. The van der Waals surface area contributed by atoms with E-state index < -0.39 is 0 Å². The van der Waals surface area contributed by atoms with E-state index in [-0.39, 0.29) is 23.8 Å². The van der Waals surface area contributed by atoms with Crippen LogP contribution in [0.5, 0.6) is 11.5 Å². The number of amides is 1. The molecule has 1 heterocycles. The van der Waals surface area contributed by atoms with E-state index in [2.05, 4.69) is 10.6 Å². The summed E-state index contributed by atoms with van der Waals surface area (Å²) >= 11 is 0. The minimum atomic E-state index is -0.332. The van der Waals surface area contributed by atoms with Crippen molar-refractivity contribution in [2.24, 2.45) is 0 Å². The molecule has 0 radical (unpaired) electrons. The number of fused-ring (bicyclic) bond motifs is 1. The quantitative estimate of drug-likeness (QED) is 0.438. The minimum absolute atomic E-state index is 0.0924. The van der Waals surface area contributed by atoms with Gasteiger partial charge in [-0.25, -0.2) is 9.97 Å². The zero-order valence-electron chi connectivity index (χ0n) is 21.8. The highest BCUT2D eigenvalue weighted by Gasteiger charge is 2.16. The molecule has 0 unspecified atom stereocenters. The number of allylic oxidation sites excluding steroid dienone is 3. The molecule has 1 amide bonds. The third kappa shape index (κ3) is 6.73. The van der Waals surface area contributed by atoms with Crippen molar-refractivity contribution in [3.8, 4) is 22.9 Å². The van der Waals surface area contributed by atoms with Crippen LogP contribution in [0.1, 0.15) is 41.0 Å². The number of aromatic nitrogens is 2. The standard InChI is InChI=1S/C29H32N4O4/c1-6-36-22-11-12-24-23(16-22)28(30-20-10-13-25(34)18(2)14-20)32-27(31-24)19-8-7-9-21(15-19)37-17-26(35)33-29(3,4)5/h7-12,14-16H,6,13,17H2,1-5H3,(H,33,35)(H,30,31,32).